The predicted molar refractivity (Wildman–Crippen MR) is 100 cm³/mol. The van der Waals surface area contributed by atoms with Crippen LogP contribution in [0.3, 0.4) is 0 Å². The van der Waals surface area contributed by atoms with Gasteiger partial charge in [0.15, 0.2) is 13.1 Å². The number of rotatable bonds is 12. The Morgan fingerprint density at radius 3 is 2.40 bits per heavy atom. The first-order chi connectivity index (χ1) is 11.7. The summed E-state index contributed by atoms with van der Waals surface area (Å²) in [5, 5.41) is 0. The van der Waals surface area contributed by atoms with Crippen LogP contribution in [0.5, 0.6) is 5.75 Å². The second-order valence-electron chi connectivity index (χ2n) is 7.37. The Morgan fingerprint density at radius 2 is 1.80 bits per heavy atom. The molecule has 0 spiro atoms. The molecule has 144 valence electrons. The lowest BCUT2D eigenvalue weighted by molar-refractivity contribution is -0.107. The standard InChI is InChI=1S/C18H32O6Si/c1-14(7-8-18(20-2)21-3)16-11-15(12-17(19)24-16)23-13-22-9-10-25(4,5)6/h11-12,14,18H,7-10,13H2,1-6H3. The molecule has 0 amide bonds. The summed E-state index contributed by atoms with van der Waals surface area (Å²) in [6.07, 6.45) is 1.22. The van der Waals surface area contributed by atoms with Crippen molar-refractivity contribution in [3.05, 3.63) is 28.3 Å². The number of ether oxygens (including phenoxy) is 4. The zero-order valence-electron chi connectivity index (χ0n) is 16.3. The minimum absolute atomic E-state index is 0.0526. The molecule has 1 atom stereocenters. The van der Waals surface area contributed by atoms with Gasteiger partial charge in [0.25, 0.3) is 0 Å². The molecule has 0 saturated carbocycles. The van der Waals surface area contributed by atoms with E-state index in [4.69, 9.17) is 23.4 Å². The van der Waals surface area contributed by atoms with E-state index in [1.54, 1.807) is 20.3 Å². The quantitative estimate of drug-likeness (QED) is 0.315. The molecule has 0 aliphatic heterocycles. The zero-order chi connectivity index (χ0) is 18.9. The Bertz CT molecular complexity index is 547. The minimum atomic E-state index is -1.11. The first-order valence-corrected chi connectivity index (χ1v) is 12.4. The molecule has 1 rings (SSSR count). The van der Waals surface area contributed by atoms with Gasteiger partial charge in [0, 0.05) is 40.9 Å². The normalized spacial score (nSPS) is 13.2. The van der Waals surface area contributed by atoms with E-state index in [0.717, 1.165) is 12.5 Å². The highest BCUT2D eigenvalue weighted by Crippen LogP contribution is 2.24. The van der Waals surface area contributed by atoms with Crippen molar-refractivity contribution in [3.8, 4) is 5.75 Å². The third-order valence-corrected chi connectivity index (χ3v) is 5.62. The molecule has 0 saturated heterocycles. The maximum atomic E-state index is 11.8. The highest BCUT2D eigenvalue weighted by Gasteiger charge is 2.15. The van der Waals surface area contributed by atoms with Crippen LogP contribution in [0.4, 0.5) is 0 Å². The molecular formula is C18H32O6Si. The van der Waals surface area contributed by atoms with Crippen molar-refractivity contribution in [1.29, 1.82) is 0 Å². The van der Waals surface area contributed by atoms with Gasteiger partial charge < -0.3 is 23.4 Å². The second kappa shape index (κ2) is 10.8. The van der Waals surface area contributed by atoms with E-state index in [-0.39, 0.29) is 19.0 Å². The maximum absolute atomic E-state index is 11.8. The van der Waals surface area contributed by atoms with Crippen molar-refractivity contribution in [3.63, 3.8) is 0 Å². The van der Waals surface area contributed by atoms with E-state index in [1.165, 1.54) is 6.07 Å². The van der Waals surface area contributed by atoms with Crippen molar-refractivity contribution in [1.82, 2.24) is 0 Å². The van der Waals surface area contributed by atoms with Crippen LogP contribution >= 0.6 is 0 Å². The summed E-state index contributed by atoms with van der Waals surface area (Å²) in [6.45, 7) is 9.70. The van der Waals surface area contributed by atoms with Gasteiger partial charge in [-0.15, -0.1) is 0 Å². The average molecular weight is 373 g/mol. The largest absolute Gasteiger partial charge is 0.467 e. The fraction of sp³-hybridized carbons (Fsp3) is 0.722. The molecule has 1 aromatic rings. The van der Waals surface area contributed by atoms with E-state index < -0.39 is 13.7 Å². The van der Waals surface area contributed by atoms with Crippen LogP contribution in [0.1, 0.15) is 31.4 Å². The smallest absolute Gasteiger partial charge is 0.339 e. The van der Waals surface area contributed by atoms with Crippen molar-refractivity contribution in [2.75, 3.05) is 27.6 Å². The molecule has 0 bridgehead atoms. The maximum Gasteiger partial charge on any atom is 0.339 e. The summed E-state index contributed by atoms with van der Waals surface area (Å²) in [6, 6.07) is 4.17. The van der Waals surface area contributed by atoms with Crippen LogP contribution in [-0.4, -0.2) is 42.0 Å². The van der Waals surface area contributed by atoms with Crippen molar-refractivity contribution in [2.24, 2.45) is 0 Å². The summed E-state index contributed by atoms with van der Waals surface area (Å²) in [5.74, 6) is 1.12. The predicted octanol–water partition coefficient (Wildman–Crippen LogP) is 3.83. The summed E-state index contributed by atoms with van der Waals surface area (Å²) in [4.78, 5) is 11.8. The highest BCUT2D eigenvalue weighted by atomic mass is 28.3. The van der Waals surface area contributed by atoms with Gasteiger partial charge in [-0.2, -0.15) is 0 Å². The van der Waals surface area contributed by atoms with Crippen LogP contribution in [0.25, 0.3) is 0 Å². The lowest BCUT2D eigenvalue weighted by Crippen LogP contribution is -2.22. The van der Waals surface area contributed by atoms with Crippen molar-refractivity contribution in [2.45, 2.75) is 57.7 Å². The molecule has 1 heterocycles. The van der Waals surface area contributed by atoms with Crippen LogP contribution in [0.2, 0.25) is 25.7 Å². The third kappa shape index (κ3) is 9.20. The third-order valence-electron chi connectivity index (χ3n) is 3.92. The first-order valence-electron chi connectivity index (χ1n) is 8.66. The number of hydrogen-bond donors (Lipinski definition) is 0. The summed E-state index contributed by atoms with van der Waals surface area (Å²) < 4.78 is 26.7. The molecule has 0 aliphatic carbocycles. The Balaban J connectivity index is 2.53. The Labute approximate surface area is 151 Å². The average Bonchev–Trinajstić information content (AvgIpc) is 2.53. The molecular weight excluding hydrogens is 340 g/mol. The van der Waals surface area contributed by atoms with Crippen LogP contribution in [-0.2, 0) is 14.2 Å². The molecule has 0 fully saturated rings. The molecule has 0 radical (unpaired) electrons. The van der Waals surface area contributed by atoms with Gasteiger partial charge in [0.1, 0.15) is 11.5 Å². The van der Waals surface area contributed by atoms with Crippen LogP contribution in [0.15, 0.2) is 21.3 Å². The molecule has 0 aromatic carbocycles. The van der Waals surface area contributed by atoms with E-state index >= 15 is 0 Å². The topological polar surface area (TPSA) is 67.1 Å². The van der Waals surface area contributed by atoms with Gasteiger partial charge in [-0.1, -0.05) is 26.6 Å². The van der Waals surface area contributed by atoms with E-state index in [2.05, 4.69) is 19.6 Å². The molecule has 0 N–H and O–H groups in total. The van der Waals surface area contributed by atoms with Crippen molar-refractivity contribution < 1.29 is 23.4 Å². The minimum Gasteiger partial charge on any atom is -0.467 e. The van der Waals surface area contributed by atoms with Gasteiger partial charge in [-0.25, -0.2) is 4.79 Å². The van der Waals surface area contributed by atoms with Crippen molar-refractivity contribution >= 4 is 8.07 Å². The SMILES string of the molecule is COC(CCC(C)c1cc(OCOCC[Si](C)(C)C)cc(=O)o1)OC. The highest BCUT2D eigenvalue weighted by molar-refractivity contribution is 6.76. The summed E-state index contributed by atoms with van der Waals surface area (Å²) in [5.41, 5.74) is -0.420. The number of methoxy groups -OCH3 is 2. The van der Waals surface area contributed by atoms with E-state index in [0.29, 0.717) is 24.5 Å². The Kier molecular flexibility index (Phi) is 9.41. The van der Waals surface area contributed by atoms with E-state index in [1.807, 2.05) is 6.92 Å². The van der Waals surface area contributed by atoms with Crippen LogP contribution < -0.4 is 10.4 Å². The molecule has 25 heavy (non-hydrogen) atoms. The molecule has 1 aromatic heterocycles. The first kappa shape index (κ1) is 21.9. The van der Waals surface area contributed by atoms with Gasteiger partial charge in [0.2, 0.25) is 0 Å². The second-order valence-corrected chi connectivity index (χ2v) is 13.0. The summed E-state index contributed by atoms with van der Waals surface area (Å²) in [7, 11) is 2.10. The van der Waals surface area contributed by atoms with Gasteiger partial charge in [0.05, 0.1) is 6.07 Å². The van der Waals surface area contributed by atoms with Gasteiger partial charge in [-0.05, 0) is 18.9 Å². The lowest BCUT2D eigenvalue weighted by atomic mass is 10.0. The fourth-order valence-corrected chi connectivity index (χ4v) is 2.96. The monoisotopic (exact) mass is 372 g/mol. The molecule has 6 nitrogen and oxygen atoms in total. The molecule has 0 aliphatic rings. The van der Waals surface area contributed by atoms with Gasteiger partial charge >= 0.3 is 5.63 Å². The number of hydrogen-bond acceptors (Lipinski definition) is 6. The molecule has 7 heteroatoms. The fourth-order valence-electron chi connectivity index (χ4n) is 2.21. The van der Waals surface area contributed by atoms with Crippen LogP contribution in [0, 0.1) is 0 Å². The Hall–Kier alpha value is -1.15. The zero-order valence-corrected chi connectivity index (χ0v) is 17.3. The lowest BCUT2D eigenvalue weighted by Gasteiger charge is -2.17. The van der Waals surface area contributed by atoms with E-state index in [9.17, 15) is 4.79 Å². The Morgan fingerprint density at radius 1 is 1.12 bits per heavy atom. The summed E-state index contributed by atoms with van der Waals surface area (Å²) >= 11 is 0. The molecule has 1 unspecified atom stereocenters. The van der Waals surface area contributed by atoms with Gasteiger partial charge in [-0.3, -0.25) is 0 Å².